The van der Waals surface area contributed by atoms with Gasteiger partial charge in [-0.1, -0.05) is 0 Å². The number of aromatic nitrogens is 1. The summed E-state index contributed by atoms with van der Waals surface area (Å²) >= 11 is 6.41. The van der Waals surface area contributed by atoms with Crippen LogP contribution >= 0.6 is 38.6 Å². The topological polar surface area (TPSA) is 62.2 Å². The molecule has 4 nitrogen and oxygen atoms in total. The minimum absolute atomic E-state index is 0.546. The highest BCUT2D eigenvalue weighted by Gasteiger charge is 2.21. The molecule has 0 bridgehead atoms. The van der Waals surface area contributed by atoms with Gasteiger partial charge in [0.05, 0.1) is 10.6 Å². The molecule has 0 saturated carbocycles. The summed E-state index contributed by atoms with van der Waals surface area (Å²) in [6, 6.07) is 1.23. The van der Waals surface area contributed by atoms with Crippen LogP contribution in [0.25, 0.3) is 9.88 Å². The van der Waals surface area contributed by atoms with Crippen molar-refractivity contribution < 1.29 is 9.90 Å². The maximum atomic E-state index is 11.0. The molecule has 0 saturated heterocycles. The van der Waals surface area contributed by atoms with Crippen molar-refractivity contribution in [2.75, 3.05) is 7.05 Å². The number of nitrogens with one attached hydrogen (secondary N) is 1. The summed E-state index contributed by atoms with van der Waals surface area (Å²) in [6.07, 6.45) is 0. The normalized spacial score (nSPS) is 12.6. The zero-order valence-electron chi connectivity index (χ0n) is 8.81. The highest BCUT2D eigenvalue weighted by Crippen LogP contribution is 2.33. The molecule has 2 aromatic rings. The molecule has 0 aliphatic heterocycles. The van der Waals surface area contributed by atoms with Crippen molar-refractivity contribution in [2.45, 2.75) is 6.04 Å². The molecule has 2 aromatic heterocycles. The van der Waals surface area contributed by atoms with Gasteiger partial charge in [-0.15, -0.1) is 22.7 Å². The number of nitrogens with zero attached hydrogens (tertiary/aromatic N) is 1. The van der Waals surface area contributed by atoms with Crippen molar-refractivity contribution >= 4 is 44.6 Å². The summed E-state index contributed by atoms with van der Waals surface area (Å²) in [4.78, 5) is 16.4. The Morgan fingerprint density at radius 1 is 1.53 bits per heavy atom. The van der Waals surface area contributed by atoms with Crippen molar-refractivity contribution in [3.8, 4) is 9.88 Å². The van der Waals surface area contributed by atoms with Crippen molar-refractivity contribution in [3.63, 3.8) is 0 Å². The second kappa shape index (κ2) is 5.26. The van der Waals surface area contributed by atoms with Gasteiger partial charge in [-0.05, 0) is 29.0 Å². The van der Waals surface area contributed by atoms with E-state index in [1.165, 1.54) is 11.3 Å². The van der Waals surface area contributed by atoms with Crippen LogP contribution in [0, 0.1) is 0 Å². The maximum Gasteiger partial charge on any atom is 0.327 e. The molecule has 0 radical (unpaired) electrons. The molecule has 0 aromatic carbocycles. The van der Waals surface area contributed by atoms with Gasteiger partial charge in [0.25, 0.3) is 0 Å². The first-order chi connectivity index (χ1) is 8.11. The Kier molecular flexibility index (Phi) is 3.93. The van der Waals surface area contributed by atoms with Gasteiger partial charge < -0.3 is 10.4 Å². The van der Waals surface area contributed by atoms with Crippen LogP contribution in [0.1, 0.15) is 11.7 Å². The third kappa shape index (κ3) is 2.74. The molecule has 1 unspecified atom stereocenters. The number of thiazole rings is 1. The summed E-state index contributed by atoms with van der Waals surface area (Å²) in [5.41, 5.74) is 0.546. The SMILES string of the molecule is CNC(C(=O)O)c1csc(-c2cc(Br)cs2)n1. The Morgan fingerprint density at radius 3 is 2.82 bits per heavy atom. The smallest absolute Gasteiger partial charge is 0.327 e. The number of carbonyl (C=O) groups is 1. The van der Waals surface area contributed by atoms with E-state index >= 15 is 0 Å². The van der Waals surface area contributed by atoms with E-state index < -0.39 is 12.0 Å². The van der Waals surface area contributed by atoms with Gasteiger partial charge in [-0.3, -0.25) is 4.79 Å². The van der Waals surface area contributed by atoms with E-state index in [-0.39, 0.29) is 0 Å². The minimum Gasteiger partial charge on any atom is -0.480 e. The number of carboxylic acids is 1. The van der Waals surface area contributed by atoms with Crippen LogP contribution in [-0.2, 0) is 4.79 Å². The van der Waals surface area contributed by atoms with Crippen molar-refractivity contribution in [1.82, 2.24) is 10.3 Å². The van der Waals surface area contributed by atoms with Gasteiger partial charge in [0.2, 0.25) is 0 Å². The highest BCUT2D eigenvalue weighted by atomic mass is 79.9. The third-order valence-corrected chi connectivity index (χ3v) is 4.85. The molecule has 7 heteroatoms. The zero-order valence-corrected chi connectivity index (χ0v) is 12.0. The van der Waals surface area contributed by atoms with Gasteiger partial charge >= 0.3 is 5.97 Å². The van der Waals surface area contributed by atoms with Gasteiger partial charge in [-0.2, -0.15) is 0 Å². The van der Waals surface area contributed by atoms with E-state index in [0.29, 0.717) is 5.69 Å². The lowest BCUT2D eigenvalue weighted by atomic mass is 10.2. The van der Waals surface area contributed by atoms with E-state index in [9.17, 15) is 4.79 Å². The first-order valence-electron chi connectivity index (χ1n) is 4.71. The maximum absolute atomic E-state index is 11.0. The lowest BCUT2D eigenvalue weighted by Gasteiger charge is -2.06. The summed E-state index contributed by atoms with van der Waals surface area (Å²) in [7, 11) is 1.61. The number of thiophene rings is 1. The average molecular weight is 333 g/mol. The van der Waals surface area contributed by atoms with Crippen molar-refractivity contribution in [3.05, 3.63) is 27.0 Å². The molecule has 2 rings (SSSR count). The first kappa shape index (κ1) is 12.7. The first-order valence-corrected chi connectivity index (χ1v) is 7.27. The Hall–Kier alpha value is -0.760. The molecule has 17 heavy (non-hydrogen) atoms. The predicted octanol–water partition coefficient (Wildman–Crippen LogP) is 2.98. The van der Waals surface area contributed by atoms with E-state index in [1.54, 1.807) is 23.8 Å². The number of aliphatic carboxylic acids is 1. The number of carboxylic acid groups (broad SMARTS) is 1. The number of likely N-dealkylation sites (N-methyl/N-ethyl adjacent to an activating group) is 1. The van der Waals surface area contributed by atoms with Gasteiger partial charge in [0.15, 0.2) is 0 Å². The molecule has 0 aliphatic carbocycles. The van der Waals surface area contributed by atoms with Gasteiger partial charge in [-0.25, -0.2) is 4.98 Å². The fourth-order valence-electron chi connectivity index (χ4n) is 1.35. The highest BCUT2D eigenvalue weighted by molar-refractivity contribution is 9.10. The molecular formula is C10H9BrN2O2S2. The van der Waals surface area contributed by atoms with Gasteiger partial charge in [0, 0.05) is 15.2 Å². The van der Waals surface area contributed by atoms with Crippen LogP contribution in [0.5, 0.6) is 0 Å². The lowest BCUT2D eigenvalue weighted by Crippen LogP contribution is -2.25. The molecule has 0 amide bonds. The van der Waals surface area contributed by atoms with Crippen molar-refractivity contribution in [2.24, 2.45) is 0 Å². The molecule has 90 valence electrons. The third-order valence-electron chi connectivity index (χ3n) is 2.13. The lowest BCUT2D eigenvalue weighted by molar-refractivity contribution is -0.139. The summed E-state index contributed by atoms with van der Waals surface area (Å²) in [5, 5.41) is 16.3. The molecule has 0 aliphatic rings. The minimum atomic E-state index is -0.920. The molecule has 0 spiro atoms. The fourth-order valence-corrected chi connectivity index (χ4v) is 3.71. The van der Waals surface area contributed by atoms with E-state index in [1.807, 2.05) is 11.4 Å². The monoisotopic (exact) mass is 332 g/mol. The van der Waals surface area contributed by atoms with E-state index in [0.717, 1.165) is 14.4 Å². The quantitative estimate of drug-likeness (QED) is 0.903. The second-order valence-electron chi connectivity index (χ2n) is 3.27. The van der Waals surface area contributed by atoms with Crippen LogP contribution in [0.4, 0.5) is 0 Å². The summed E-state index contributed by atoms with van der Waals surface area (Å²) < 4.78 is 1.01. The molecule has 1 atom stereocenters. The largest absolute Gasteiger partial charge is 0.480 e. The number of rotatable bonds is 4. The zero-order chi connectivity index (χ0) is 12.4. The van der Waals surface area contributed by atoms with Crippen LogP contribution in [-0.4, -0.2) is 23.1 Å². The molecular weight excluding hydrogens is 324 g/mol. The Morgan fingerprint density at radius 2 is 2.29 bits per heavy atom. The average Bonchev–Trinajstić information content (AvgIpc) is 2.87. The summed E-state index contributed by atoms with van der Waals surface area (Å²) in [6.45, 7) is 0. The van der Waals surface area contributed by atoms with E-state index in [4.69, 9.17) is 5.11 Å². The standard InChI is InChI=1S/C10H9BrN2O2S2/c1-12-8(10(14)15)6-4-17-9(13-6)7-2-5(11)3-16-7/h2-4,8,12H,1H3,(H,14,15). The van der Waals surface area contributed by atoms with Gasteiger partial charge in [0.1, 0.15) is 11.0 Å². The molecule has 2 heterocycles. The fraction of sp³-hybridized carbons (Fsp3) is 0.200. The van der Waals surface area contributed by atoms with Crippen molar-refractivity contribution in [1.29, 1.82) is 0 Å². The number of hydrogen-bond donors (Lipinski definition) is 2. The van der Waals surface area contributed by atoms with Crippen LogP contribution in [0.15, 0.2) is 21.3 Å². The molecule has 0 fully saturated rings. The second-order valence-corrected chi connectivity index (χ2v) is 5.95. The predicted molar refractivity (Wildman–Crippen MR) is 72.6 cm³/mol. The Labute approximate surface area is 114 Å². The van der Waals surface area contributed by atoms with Crippen LogP contribution < -0.4 is 5.32 Å². The van der Waals surface area contributed by atoms with Crippen LogP contribution in [0.2, 0.25) is 0 Å². The van der Waals surface area contributed by atoms with Crippen LogP contribution in [0.3, 0.4) is 0 Å². The molecule has 2 N–H and O–H groups in total. The summed E-state index contributed by atoms with van der Waals surface area (Å²) in [5.74, 6) is -0.920. The number of halogens is 1. The Bertz CT molecular complexity index is 538. The Balaban J connectivity index is 2.29. The number of hydrogen-bond acceptors (Lipinski definition) is 5. The van der Waals surface area contributed by atoms with E-state index in [2.05, 4.69) is 26.2 Å².